The van der Waals surface area contributed by atoms with Gasteiger partial charge in [0, 0.05) is 24.0 Å². The Labute approximate surface area is 169 Å². The van der Waals surface area contributed by atoms with Gasteiger partial charge in [-0.1, -0.05) is 6.07 Å². The van der Waals surface area contributed by atoms with Gasteiger partial charge in [0.15, 0.2) is 0 Å². The normalized spacial score (nSPS) is 10.3. The molecule has 30 heavy (non-hydrogen) atoms. The van der Waals surface area contributed by atoms with E-state index in [1.807, 2.05) is 0 Å². The molecule has 0 radical (unpaired) electrons. The van der Waals surface area contributed by atoms with Gasteiger partial charge in [-0.15, -0.1) is 0 Å². The molecule has 0 atom stereocenters. The number of hydrogen-bond donors (Lipinski definition) is 2. The van der Waals surface area contributed by atoms with Crippen LogP contribution in [-0.2, 0) is 11.3 Å². The number of carboxylic acid groups (broad SMARTS) is 1. The predicted octanol–water partition coefficient (Wildman–Crippen LogP) is 3.53. The summed E-state index contributed by atoms with van der Waals surface area (Å²) in [7, 11) is 0. The van der Waals surface area contributed by atoms with E-state index in [2.05, 4.69) is 5.32 Å². The van der Waals surface area contributed by atoms with Crippen molar-refractivity contribution in [2.75, 3.05) is 5.32 Å². The number of anilines is 1. The largest absolute Gasteiger partial charge is 0.478 e. The van der Waals surface area contributed by atoms with Crippen LogP contribution < -0.4 is 5.32 Å². The van der Waals surface area contributed by atoms with E-state index in [-0.39, 0.29) is 29.2 Å². The summed E-state index contributed by atoms with van der Waals surface area (Å²) in [4.78, 5) is 46.0. The SMILES string of the molecule is O=C(O)c1cccc(NC(=O)c2cccn2C(=O)OCc2ccc([N+](=O)[O-])cc2)c1. The highest BCUT2D eigenvalue weighted by Gasteiger charge is 2.17. The van der Waals surface area contributed by atoms with Gasteiger partial charge in [0.1, 0.15) is 12.3 Å². The van der Waals surface area contributed by atoms with E-state index in [9.17, 15) is 24.5 Å². The van der Waals surface area contributed by atoms with E-state index in [0.717, 1.165) is 4.57 Å². The topological polar surface area (TPSA) is 141 Å². The number of carbonyl (C=O) groups excluding carboxylic acids is 2. The van der Waals surface area contributed by atoms with Crippen LogP contribution in [0.5, 0.6) is 0 Å². The third-order valence-corrected chi connectivity index (χ3v) is 4.05. The number of non-ortho nitro benzene ring substituents is 1. The Hall–Kier alpha value is -4.47. The quantitative estimate of drug-likeness (QED) is 0.468. The Balaban J connectivity index is 1.67. The molecular weight excluding hydrogens is 394 g/mol. The summed E-state index contributed by atoms with van der Waals surface area (Å²) in [6.45, 7) is -0.142. The van der Waals surface area contributed by atoms with E-state index in [4.69, 9.17) is 9.84 Å². The first-order valence-electron chi connectivity index (χ1n) is 8.57. The fourth-order valence-electron chi connectivity index (χ4n) is 2.58. The molecular formula is C20H15N3O7. The molecule has 3 rings (SSSR count). The van der Waals surface area contributed by atoms with Gasteiger partial charge in [-0.2, -0.15) is 0 Å². The van der Waals surface area contributed by atoms with Crippen LogP contribution in [-0.4, -0.2) is 32.6 Å². The van der Waals surface area contributed by atoms with Crippen molar-refractivity contribution < 1.29 is 29.2 Å². The molecule has 1 aromatic heterocycles. The second-order valence-electron chi connectivity index (χ2n) is 6.08. The molecule has 0 saturated heterocycles. The predicted molar refractivity (Wildman–Crippen MR) is 104 cm³/mol. The summed E-state index contributed by atoms with van der Waals surface area (Å²) < 4.78 is 6.16. The fraction of sp³-hybridized carbons (Fsp3) is 0.0500. The van der Waals surface area contributed by atoms with E-state index in [1.165, 1.54) is 66.9 Å². The number of ether oxygens (including phenoxy) is 1. The highest BCUT2D eigenvalue weighted by Crippen LogP contribution is 2.15. The fourth-order valence-corrected chi connectivity index (χ4v) is 2.58. The van der Waals surface area contributed by atoms with Gasteiger partial charge in [0.2, 0.25) is 0 Å². The van der Waals surface area contributed by atoms with Crippen molar-refractivity contribution in [3.05, 3.63) is 93.8 Å². The third kappa shape index (κ3) is 4.68. The molecule has 0 saturated carbocycles. The summed E-state index contributed by atoms with van der Waals surface area (Å²) in [5.74, 6) is -1.76. The molecule has 2 N–H and O–H groups in total. The number of nitro groups is 1. The number of rotatable bonds is 6. The lowest BCUT2D eigenvalue weighted by atomic mass is 10.2. The maximum absolute atomic E-state index is 12.5. The van der Waals surface area contributed by atoms with E-state index < -0.39 is 22.9 Å². The van der Waals surface area contributed by atoms with Crippen molar-refractivity contribution >= 4 is 29.3 Å². The van der Waals surface area contributed by atoms with Gasteiger partial charge in [-0.05, 0) is 48.0 Å². The number of hydrogen-bond acceptors (Lipinski definition) is 6. The van der Waals surface area contributed by atoms with Gasteiger partial charge < -0.3 is 15.2 Å². The van der Waals surface area contributed by atoms with Gasteiger partial charge in [0.05, 0.1) is 10.5 Å². The second kappa shape index (κ2) is 8.69. The lowest BCUT2D eigenvalue weighted by Gasteiger charge is -2.10. The summed E-state index contributed by atoms with van der Waals surface area (Å²) in [5.41, 5.74) is 0.709. The number of benzene rings is 2. The number of aromatic nitrogens is 1. The molecule has 1 amide bonds. The lowest BCUT2D eigenvalue weighted by Crippen LogP contribution is -2.22. The zero-order valence-electron chi connectivity index (χ0n) is 15.3. The number of carboxylic acids is 1. The summed E-state index contributed by atoms with van der Waals surface area (Å²) >= 11 is 0. The van der Waals surface area contributed by atoms with Crippen LogP contribution in [0.3, 0.4) is 0 Å². The second-order valence-corrected chi connectivity index (χ2v) is 6.08. The molecule has 0 spiro atoms. The first-order chi connectivity index (χ1) is 14.3. The number of amides is 1. The molecule has 2 aromatic carbocycles. The first kappa shape index (κ1) is 20.3. The molecule has 152 valence electrons. The van der Waals surface area contributed by atoms with Crippen molar-refractivity contribution in [1.82, 2.24) is 4.57 Å². The van der Waals surface area contributed by atoms with E-state index in [1.54, 1.807) is 0 Å². The van der Waals surface area contributed by atoms with Gasteiger partial charge in [0.25, 0.3) is 11.6 Å². The Morgan fingerprint density at radius 1 is 1.07 bits per heavy atom. The Morgan fingerprint density at radius 3 is 2.47 bits per heavy atom. The molecule has 10 nitrogen and oxygen atoms in total. The number of nitrogens with one attached hydrogen (secondary N) is 1. The van der Waals surface area contributed by atoms with Gasteiger partial charge >= 0.3 is 12.1 Å². The third-order valence-electron chi connectivity index (χ3n) is 4.05. The van der Waals surface area contributed by atoms with Crippen LogP contribution in [0.15, 0.2) is 66.9 Å². The number of aromatic carboxylic acids is 1. The standard InChI is InChI=1S/C20H15N3O7/c24-18(21-15-4-1-3-14(11-15)19(25)26)17-5-2-10-22(17)20(27)30-12-13-6-8-16(9-7-13)23(28)29/h1-11H,12H2,(H,21,24)(H,25,26). The van der Waals surface area contributed by atoms with Crippen LogP contribution in [0.25, 0.3) is 0 Å². The zero-order chi connectivity index (χ0) is 21.7. The highest BCUT2D eigenvalue weighted by atomic mass is 16.6. The Morgan fingerprint density at radius 2 is 1.80 bits per heavy atom. The summed E-state index contributed by atoms with van der Waals surface area (Å²) in [6, 6.07) is 14.1. The molecule has 0 unspecified atom stereocenters. The van der Waals surface area contributed by atoms with Gasteiger partial charge in [-0.3, -0.25) is 14.9 Å². The molecule has 1 heterocycles. The molecule has 0 bridgehead atoms. The highest BCUT2D eigenvalue weighted by molar-refractivity contribution is 6.05. The Bertz CT molecular complexity index is 1120. The molecule has 0 aliphatic heterocycles. The van der Waals surface area contributed by atoms with Crippen molar-refractivity contribution in [3.8, 4) is 0 Å². The molecule has 0 aliphatic carbocycles. The van der Waals surface area contributed by atoms with Crippen molar-refractivity contribution in [1.29, 1.82) is 0 Å². The van der Waals surface area contributed by atoms with Gasteiger partial charge in [-0.25, -0.2) is 14.2 Å². The summed E-state index contributed by atoms with van der Waals surface area (Å²) in [6.07, 6.45) is 0.531. The molecule has 3 aromatic rings. The first-order valence-corrected chi connectivity index (χ1v) is 8.57. The lowest BCUT2D eigenvalue weighted by molar-refractivity contribution is -0.384. The monoisotopic (exact) mass is 409 g/mol. The van der Waals surface area contributed by atoms with Crippen molar-refractivity contribution in [2.24, 2.45) is 0 Å². The minimum Gasteiger partial charge on any atom is -0.478 e. The van der Waals surface area contributed by atoms with Crippen molar-refractivity contribution in [3.63, 3.8) is 0 Å². The minimum atomic E-state index is -1.13. The molecule has 0 fully saturated rings. The minimum absolute atomic E-state index is 0.00527. The number of carbonyl (C=O) groups is 3. The summed E-state index contributed by atoms with van der Waals surface area (Å²) in [5, 5.41) is 22.2. The molecule has 0 aliphatic rings. The van der Waals surface area contributed by atoms with E-state index in [0.29, 0.717) is 5.56 Å². The van der Waals surface area contributed by atoms with Crippen LogP contribution in [0, 0.1) is 10.1 Å². The number of nitro benzene ring substituents is 1. The Kier molecular flexibility index (Phi) is 5.87. The smallest absolute Gasteiger partial charge is 0.418 e. The van der Waals surface area contributed by atoms with Crippen molar-refractivity contribution in [2.45, 2.75) is 6.61 Å². The maximum Gasteiger partial charge on any atom is 0.418 e. The maximum atomic E-state index is 12.5. The van der Waals surface area contributed by atoms with Crippen LogP contribution in [0.1, 0.15) is 26.4 Å². The van der Waals surface area contributed by atoms with Crippen LogP contribution in [0.2, 0.25) is 0 Å². The average Bonchev–Trinajstić information content (AvgIpc) is 3.22. The number of nitrogens with zero attached hydrogens (tertiary/aromatic N) is 2. The van der Waals surface area contributed by atoms with Crippen LogP contribution in [0.4, 0.5) is 16.2 Å². The zero-order valence-corrected chi connectivity index (χ0v) is 15.3. The van der Waals surface area contributed by atoms with Crippen LogP contribution >= 0.6 is 0 Å². The average molecular weight is 409 g/mol. The van der Waals surface area contributed by atoms with E-state index >= 15 is 0 Å². The molecule has 10 heteroatoms.